The fraction of sp³-hybridized carbons (Fsp3) is 0.455. The monoisotopic (exact) mass is 303 g/mol. The van der Waals surface area contributed by atoms with E-state index >= 15 is 0 Å². The molecule has 0 fully saturated rings. The number of carbonyl (C=O) groups excluding carboxylic acids is 1. The minimum Gasteiger partial charge on any atom is -0.481 e. The van der Waals surface area contributed by atoms with Gasteiger partial charge in [-0.25, -0.2) is 0 Å². The van der Waals surface area contributed by atoms with Crippen LogP contribution in [0.5, 0.6) is 0 Å². The number of rotatable bonds is 5. The van der Waals surface area contributed by atoms with Crippen LogP contribution in [0.2, 0.25) is 0 Å². The molecule has 0 aliphatic heterocycles. The third kappa shape index (κ3) is 3.33. The lowest BCUT2D eigenvalue weighted by Gasteiger charge is -2.22. The molecular weight excluding hydrogens is 290 g/mol. The summed E-state index contributed by atoms with van der Waals surface area (Å²) in [7, 11) is 0. The van der Waals surface area contributed by atoms with Gasteiger partial charge in [-0.15, -0.1) is 0 Å². The maximum absolute atomic E-state index is 11.6. The van der Waals surface area contributed by atoms with E-state index in [0.29, 0.717) is 11.1 Å². The van der Waals surface area contributed by atoms with E-state index in [1.807, 2.05) is 0 Å². The van der Waals surface area contributed by atoms with Crippen LogP contribution < -0.4 is 5.32 Å². The number of carbonyl (C=O) groups is 2. The molecule has 0 aromatic carbocycles. The van der Waals surface area contributed by atoms with Gasteiger partial charge in [0.05, 0.1) is 5.41 Å². The fourth-order valence-electron chi connectivity index (χ4n) is 1.15. The van der Waals surface area contributed by atoms with Gasteiger partial charge < -0.3 is 14.8 Å². The van der Waals surface area contributed by atoms with Crippen LogP contribution in [0.15, 0.2) is 21.2 Å². The van der Waals surface area contributed by atoms with Gasteiger partial charge in [-0.3, -0.25) is 9.59 Å². The summed E-state index contributed by atoms with van der Waals surface area (Å²) in [6, 6.07) is 3.12. The maximum atomic E-state index is 11.6. The number of carboxylic acid groups (broad SMARTS) is 1. The molecule has 94 valence electrons. The van der Waals surface area contributed by atoms with Crippen molar-refractivity contribution in [3.8, 4) is 0 Å². The molecule has 1 amide bonds. The number of furan rings is 1. The van der Waals surface area contributed by atoms with Gasteiger partial charge in [0.25, 0.3) is 5.91 Å². The summed E-state index contributed by atoms with van der Waals surface area (Å²) >= 11 is 3.09. The van der Waals surface area contributed by atoms with Gasteiger partial charge in [0.2, 0.25) is 0 Å². The summed E-state index contributed by atoms with van der Waals surface area (Å²) in [5.74, 6) is -1.20. The molecule has 1 heterocycles. The highest BCUT2D eigenvalue weighted by molar-refractivity contribution is 9.10. The second-order valence-corrected chi connectivity index (χ2v) is 4.79. The van der Waals surface area contributed by atoms with E-state index < -0.39 is 17.3 Å². The van der Waals surface area contributed by atoms with Gasteiger partial charge >= 0.3 is 5.97 Å². The summed E-state index contributed by atoms with van der Waals surface area (Å²) in [4.78, 5) is 22.6. The first kappa shape index (κ1) is 13.8. The Hall–Kier alpha value is -1.30. The molecule has 0 spiro atoms. The summed E-state index contributed by atoms with van der Waals surface area (Å²) in [6.07, 6.45) is 0.435. The smallest absolute Gasteiger partial charge is 0.311 e. The molecule has 0 bridgehead atoms. The number of halogens is 1. The van der Waals surface area contributed by atoms with E-state index in [1.165, 1.54) is 6.07 Å². The van der Waals surface area contributed by atoms with E-state index in [4.69, 9.17) is 9.52 Å². The van der Waals surface area contributed by atoms with E-state index in [1.54, 1.807) is 19.9 Å². The normalized spacial score (nSPS) is 14.1. The van der Waals surface area contributed by atoms with Gasteiger partial charge in [-0.1, -0.05) is 6.92 Å². The lowest BCUT2D eigenvalue weighted by molar-refractivity contribution is -0.147. The highest BCUT2D eigenvalue weighted by atomic mass is 79.9. The molecule has 0 aliphatic rings. The Balaban J connectivity index is 2.62. The van der Waals surface area contributed by atoms with Crippen molar-refractivity contribution >= 4 is 27.8 Å². The zero-order valence-corrected chi connectivity index (χ0v) is 11.2. The molecule has 1 rings (SSSR count). The van der Waals surface area contributed by atoms with Crippen molar-refractivity contribution in [3.05, 3.63) is 22.6 Å². The number of aliphatic carboxylic acids is 1. The van der Waals surface area contributed by atoms with Gasteiger partial charge in [0, 0.05) is 6.54 Å². The number of hydrogen-bond acceptors (Lipinski definition) is 3. The molecule has 0 radical (unpaired) electrons. The van der Waals surface area contributed by atoms with Crippen LogP contribution in [-0.4, -0.2) is 23.5 Å². The van der Waals surface area contributed by atoms with E-state index in [9.17, 15) is 9.59 Å². The van der Waals surface area contributed by atoms with Crippen molar-refractivity contribution in [3.63, 3.8) is 0 Å². The van der Waals surface area contributed by atoms with Crippen LogP contribution in [0.1, 0.15) is 30.8 Å². The summed E-state index contributed by atoms with van der Waals surface area (Å²) < 4.78 is 5.52. The van der Waals surface area contributed by atoms with Crippen LogP contribution in [0, 0.1) is 5.41 Å². The Bertz CT molecular complexity index is 429. The van der Waals surface area contributed by atoms with Crippen LogP contribution >= 0.6 is 15.9 Å². The average Bonchev–Trinajstić information content (AvgIpc) is 2.72. The molecule has 1 aromatic heterocycles. The molecule has 1 aromatic rings. The first-order chi connectivity index (χ1) is 7.89. The van der Waals surface area contributed by atoms with Crippen molar-refractivity contribution in [2.45, 2.75) is 20.3 Å². The van der Waals surface area contributed by atoms with E-state index in [-0.39, 0.29) is 12.3 Å². The van der Waals surface area contributed by atoms with Gasteiger partial charge in [0.1, 0.15) is 0 Å². The Morgan fingerprint density at radius 1 is 1.53 bits per heavy atom. The summed E-state index contributed by atoms with van der Waals surface area (Å²) in [6.45, 7) is 3.42. The summed E-state index contributed by atoms with van der Waals surface area (Å²) in [5, 5.41) is 11.6. The lowest BCUT2D eigenvalue weighted by Crippen LogP contribution is -2.40. The molecule has 0 saturated carbocycles. The Kier molecular flexibility index (Phi) is 4.34. The fourth-order valence-corrected chi connectivity index (χ4v) is 1.46. The highest BCUT2D eigenvalue weighted by Crippen LogP contribution is 2.20. The second kappa shape index (κ2) is 5.35. The molecule has 6 heteroatoms. The molecule has 0 aliphatic carbocycles. The SMILES string of the molecule is CCC(C)(CNC(=O)c1ccc(Br)o1)C(=O)O. The van der Waals surface area contributed by atoms with E-state index in [0.717, 1.165) is 0 Å². The number of amides is 1. The molecule has 17 heavy (non-hydrogen) atoms. The van der Waals surface area contributed by atoms with Crippen LogP contribution in [0.4, 0.5) is 0 Å². The number of carboxylic acids is 1. The lowest BCUT2D eigenvalue weighted by atomic mass is 9.88. The standard InChI is InChI=1S/C11H14BrNO4/c1-3-11(2,10(15)16)6-13-9(14)7-4-5-8(12)17-7/h4-5H,3,6H2,1-2H3,(H,13,14)(H,15,16). The van der Waals surface area contributed by atoms with Crippen LogP contribution in [0.25, 0.3) is 0 Å². The van der Waals surface area contributed by atoms with Crippen molar-refractivity contribution in [2.75, 3.05) is 6.54 Å². The minimum absolute atomic E-state index is 0.0655. The predicted molar refractivity (Wildman–Crippen MR) is 64.8 cm³/mol. The quantitative estimate of drug-likeness (QED) is 0.874. The van der Waals surface area contributed by atoms with Crippen molar-refractivity contribution < 1.29 is 19.1 Å². The Labute approximate surface area is 107 Å². The number of nitrogens with one attached hydrogen (secondary N) is 1. The molecular formula is C11H14BrNO4. The van der Waals surface area contributed by atoms with Crippen molar-refractivity contribution in [1.29, 1.82) is 0 Å². The number of hydrogen-bond donors (Lipinski definition) is 2. The summed E-state index contributed by atoms with van der Waals surface area (Å²) in [5.41, 5.74) is -0.959. The van der Waals surface area contributed by atoms with Crippen molar-refractivity contribution in [1.82, 2.24) is 5.32 Å². The first-order valence-corrected chi connectivity index (χ1v) is 5.95. The average molecular weight is 304 g/mol. The third-order valence-corrected chi connectivity index (χ3v) is 3.16. The topological polar surface area (TPSA) is 79.5 Å². The van der Waals surface area contributed by atoms with Gasteiger partial charge in [-0.05, 0) is 41.4 Å². The molecule has 2 N–H and O–H groups in total. The van der Waals surface area contributed by atoms with Gasteiger partial charge in [0.15, 0.2) is 10.4 Å². The zero-order chi connectivity index (χ0) is 13.1. The highest BCUT2D eigenvalue weighted by Gasteiger charge is 2.31. The largest absolute Gasteiger partial charge is 0.481 e. The maximum Gasteiger partial charge on any atom is 0.311 e. The van der Waals surface area contributed by atoms with E-state index in [2.05, 4.69) is 21.2 Å². The molecule has 1 atom stereocenters. The second-order valence-electron chi connectivity index (χ2n) is 4.01. The van der Waals surface area contributed by atoms with Gasteiger partial charge in [-0.2, -0.15) is 0 Å². The van der Waals surface area contributed by atoms with Crippen LogP contribution in [-0.2, 0) is 4.79 Å². The third-order valence-electron chi connectivity index (χ3n) is 2.73. The zero-order valence-electron chi connectivity index (χ0n) is 9.62. The predicted octanol–water partition coefficient (Wildman–Crippen LogP) is 2.27. The molecule has 5 nitrogen and oxygen atoms in total. The minimum atomic E-state index is -0.959. The molecule has 0 saturated heterocycles. The first-order valence-electron chi connectivity index (χ1n) is 5.16. The molecule has 1 unspecified atom stereocenters. The van der Waals surface area contributed by atoms with Crippen molar-refractivity contribution in [2.24, 2.45) is 5.41 Å². The Morgan fingerprint density at radius 3 is 2.59 bits per heavy atom. The van der Waals surface area contributed by atoms with Crippen LogP contribution in [0.3, 0.4) is 0 Å². The Morgan fingerprint density at radius 2 is 2.18 bits per heavy atom.